The van der Waals surface area contributed by atoms with Crippen LogP contribution in [0.4, 0.5) is 0 Å². The SMILES string of the molecule is Cc1ccccc1CN1CCc2ccccc2C(NCc2cncn2Cc2ccc(Br)cc2)C1=O. The minimum absolute atomic E-state index is 0.122. The van der Waals surface area contributed by atoms with Gasteiger partial charge in [-0.1, -0.05) is 76.6 Å². The Morgan fingerprint density at radius 2 is 1.77 bits per heavy atom. The summed E-state index contributed by atoms with van der Waals surface area (Å²) < 4.78 is 3.20. The molecule has 4 aromatic rings. The van der Waals surface area contributed by atoms with Crippen LogP contribution < -0.4 is 5.32 Å². The van der Waals surface area contributed by atoms with Gasteiger partial charge in [0.05, 0.1) is 12.0 Å². The molecule has 5 nitrogen and oxygen atoms in total. The van der Waals surface area contributed by atoms with Crippen molar-refractivity contribution in [2.45, 2.75) is 39.0 Å². The molecule has 6 heteroatoms. The molecule has 0 radical (unpaired) electrons. The van der Waals surface area contributed by atoms with Crippen LogP contribution in [0.1, 0.15) is 39.6 Å². The average Bonchev–Trinajstić information content (AvgIpc) is 3.26. The van der Waals surface area contributed by atoms with E-state index in [0.717, 1.165) is 28.7 Å². The van der Waals surface area contributed by atoms with Gasteiger partial charge in [-0.05, 0) is 53.3 Å². The Kier molecular flexibility index (Phi) is 7.11. The van der Waals surface area contributed by atoms with Gasteiger partial charge in [-0.2, -0.15) is 0 Å². The molecule has 0 saturated carbocycles. The fourth-order valence-electron chi connectivity index (χ4n) is 4.70. The van der Waals surface area contributed by atoms with Crippen molar-refractivity contribution in [1.82, 2.24) is 19.8 Å². The number of hydrogen-bond acceptors (Lipinski definition) is 3. The van der Waals surface area contributed by atoms with E-state index in [1.807, 2.05) is 47.8 Å². The lowest BCUT2D eigenvalue weighted by molar-refractivity contribution is -0.134. The van der Waals surface area contributed by atoms with E-state index >= 15 is 0 Å². The van der Waals surface area contributed by atoms with Gasteiger partial charge < -0.3 is 9.47 Å². The molecule has 3 aromatic carbocycles. The first kappa shape index (κ1) is 23.5. The number of nitrogens with one attached hydrogen (secondary N) is 1. The second kappa shape index (κ2) is 10.6. The van der Waals surface area contributed by atoms with Gasteiger partial charge in [-0.15, -0.1) is 0 Å². The van der Waals surface area contributed by atoms with E-state index in [-0.39, 0.29) is 5.91 Å². The minimum Gasteiger partial charge on any atom is -0.336 e. The van der Waals surface area contributed by atoms with Crippen LogP contribution in [0.5, 0.6) is 0 Å². The van der Waals surface area contributed by atoms with Crippen molar-refractivity contribution in [2.24, 2.45) is 0 Å². The first-order valence-corrected chi connectivity index (χ1v) is 12.8. The number of halogens is 1. The zero-order valence-electron chi connectivity index (χ0n) is 19.8. The number of hydrogen-bond donors (Lipinski definition) is 1. The second-order valence-corrected chi connectivity index (χ2v) is 10.0. The molecule has 0 bridgehead atoms. The maximum Gasteiger partial charge on any atom is 0.244 e. The third kappa shape index (κ3) is 5.39. The number of imidazole rings is 1. The van der Waals surface area contributed by atoms with Crippen molar-refractivity contribution < 1.29 is 4.79 Å². The molecule has 1 aliphatic heterocycles. The van der Waals surface area contributed by atoms with Crippen molar-refractivity contribution in [2.75, 3.05) is 6.54 Å². The number of benzene rings is 3. The Labute approximate surface area is 214 Å². The number of rotatable bonds is 7. The summed E-state index contributed by atoms with van der Waals surface area (Å²) >= 11 is 3.50. The Morgan fingerprint density at radius 1 is 1.00 bits per heavy atom. The molecule has 2 heterocycles. The van der Waals surface area contributed by atoms with Crippen molar-refractivity contribution in [3.63, 3.8) is 0 Å². The number of carbonyl (C=O) groups excluding carboxylic acids is 1. The largest absolute Gasteiger partial charge is 0.336 e. The van der Waals surface area contributed by atoms with E-state index < -0.39 is 6.04 Å². The summed E-state index contributed by atoms with van der Waals surface area (Å²) in [7, 11) is 0. The van der Waals surface area contributed by atoms with Gasteiger partial charge in [-0.25, -0.2) is 4.98 Å². The lowest BCUT2D eigenvalue weighted by Crippen LogP contribution is -2.40. The van der Waals surface area contributed by atoms with Crippen molar-refractivity contribution in [1.29, 1.82) is 0 Å². The molecule has 1 amide bonds. The fraction of sp³-hybridized carbons (Fsp3) is 0.241. The Hall–Kier alpha value is -3.22. The van der Waals surface area contributed by atoms with Gasteiger partial charge in [0.2, 0.25) is 5.91 Å². The smallest absolute Gasteiger partial charge is 0.244 e. The van der Waals surface area contributed by atoms with Crippen LogP contribution in [0.25, 0.3) is 0 Å². The number of amides is 1. The zero-order valence-corrected chi connectivity index (χ0v) is 21.4. The fourth-order valence-corrected chi connectivity index (χ4v) is 4.97. The number of carbonyl (C=O) groups is 1. The molecule has 1 atom stereocenters. The molecule has 5 rings (SSSR count). The van der Waals surface area contributed by atoms with E-state index in [1.165, 1.54) is 22.3 Å². The number of nitrogens with zero attached hydrogens (tertiary/aromatic N) is 3. The predicted molar refractivity (Wildman–Crippen MR) is 142 cm³/mol. The van der Waals surface area contributed by atoms with E-state index in [0.29, 0.717) is 19.6 Å². The molecular weight excluding hydrogens is 500 g/mol. The molecule has 35 heavy (non-hydrogen) atoms. The van der Waals surface area contributed by atoms with Crippen molar-refractivity contribution in [3.8, 4) is 0 Å². The minimum atomic E-state index is -0.395. The predicted octanol–water partition coefficient (Wildman–Crippen LogP) is 5.42. The molecule has 0 fully saturated rings. The van der Waals surface area contributed by atoms with Crippen LogP contribution in [0, 0.1) is 6.92 Å². The molecule has 0 spiro atoms. The van der Waals surface area contributed by atoms with Crippen LogP contribution in [-0.2, 0) is 30.8 Å². The highest BCUT2D eigenvalue weighted by molar-refractivity contribution is 9.10. The van der Waals surface area contributed by atoms with Gasteiger partial charge in [0.25, 0.3) is 0 Å². The van der Waals surface area contributed by atoms with Crippen LogP contribution in [-0.4, -0.2) is 26.9 Å². The lowest BCUT2D eigenvalue weighted by Gasteiger charge is -2.26. The number of fused-ring (bicyclic) bond motifs is 1. The quantitative estimate of drug-likeness (QED) is 0.348. The van der Waals surface area contributed by atoms with Gasteiger partial charge >= 0.3 is 0 Å². The number of aromatic nitrogens is 2. The van der Waals surface area contributed by atoms with E-state index in [9.17, 15) is 4.79 Å². The normalized spacial score (nSPS) is 15.7. The highest BCUT2D eigenvalue weighted by Gasteiger charge is 2.30. The molecule has 1 aliphatic rings. The van der Waals surface area contributed by atoms with Gasteiger partial charge in [0.15, 0.2) is 0 Å². The Balaban J connectivity index is 1.36. The maximum absolute atomic E-state index is 13.8. The van der Waals surface area contributed by atoms with Crippen molar-refractivity contribution in [3.05, 3.63) is 123 Å². The van der Waals surface area contributed by atoms with E-state index in [1.54, 1.807) is 0 Å². The first-order chi connectivity index (χ1) is 17.1. The molecule has 0 aliphatic carbocycles. The summed E-state index contributed by atoms with van der Waals surface area (Å²) in [4.78, 5) is 20.2. The highest BCUT2D eigenvalue weighted by atomic mass is 79.9. The Morgan fingerprint density at radius 3 is 2.60 bits per heavy atom. The summed E-state index contributed by atoms with van der Waals surface area (Å²) in [5.74, 6) is 0.122. The Bertz CT molecular complexity index is 1310. The monoisotopic (exact) mass is 528 g/mol. The van der Waals surface area contributed by atoms with Gasteiger partial charge in [0.1, 0.15) is 6.04 Å². The zero-order chi connectivity index (χ0) is 24.2. The standard InChI is InChI=1S/C29H29BrN4O/c1-21-6-2-3-8-24(21)19-33-15-14-23-7-4-5-9-27(23)28(29(33)35)32-17-26-16-31-20-34(26)18-22-10-12-25(30)13-11-22/h2-13,16,20,28,32H,14-15,17-19H2,1H3. The second-order valence-electron chi connectivity index (χ2n) is 9.09. The summed E-state index contributed by atoms with van der Waals surface area (Å²) in [5, 5.41) is 3.58. The summed E-state index contributed by atoms with van der Waals surface area (Å²) in [6, 6.07) is 24.5. The molecule has 178 valence electrons. The molecular formula is C29H29BrN4O. The average molecular weight is 529 g/mol. The van der Waals surface area contributed by atoms with Crippen molar-refractivity contribution >= 4 is 21.8 Å². The third-order valence-electron chi connectivity index (χ3n) is 6.75. The molecule has 0 saturated heterocycles. The molecule has 1 N–H and O–H groups in total. The van der Waals surface area contributed by atoms with Gasteiger partial charge in [-0.3, -0.25) is 10.1 Å². The maximum atomic E-state index is 13.8. The van der Waals surface area contributed by atoms with Crippen LogP contribution >= 0.6 is 15.9 Å². The topological polar surface area (TPSA) is 50.2 Å². The van der Waals surface area contributed by atoms with E-state index in [2.05, 4.69) is 80.2 Å². The lowest BCUT2D eigenvalue weighted by atomic mass is 9.99. The van der Waals surface area contributed by atoms with E-state index in [4.69, 9.17) is 0 Å². The van der Waals surface area contributed by atoms with Crippen LogP contribution in [0.15, 0.2) is 89.8 Å². The van der Waals surface area contributed by atoms with Gasteiger partial charge in [0, 0.05) is 36.8 Å². The molecule has 1 aromatic heterocycles. The summed E-state index contributed by atoms with van der Waals surface area (Å²) in [5.41, 5.74) is 6.96. The van der Waals surface area contributed by atoms with Crippen LogP contribution in [0.2, 0.25) is 0 Å². The first-order valence-electron chi connectivity index (χ1n) is 12.0. The summed E-state index contributed by atoms with van der Waals surface area (Å²) in [6.45, 7) is 4.73. The van der Waals surface area contributed by atoms with Crippen LogP contribution in [0.3, 0.4) is 0 Å². The summed E-state index contributed by atoms with van der Waals surface area (Å²) in [6.07, 6.45) is 4.59. The third-order valence-corrected chi connectivity index (χ3v) is 7.28. The highest BCUT2D eigenvalue weighted by Crippen LogP contribution is 2.27. The molecule has 1 unspecified atom stereocenters. The number of aryl methyl sites for hydroxylation is 1.